The van der Waals surface area contributed by atoms with E-state index in [1.54, 1.807) is 0 Å². The van der Waals surface area contributed by atoms with Crippen molar-refractivity contribution >= 4 is 35.3 Å². The monoisotopic (exact) mass is 183 g/mol. The fourth-order valence-corrected chi connectivity index (χ4v) is 2.88. The van der Waals surface area contributed by atoms with Crippen LogP contribution in [0.3, 0.4) is 0 Å². The Kier molecular flexibility index (Phi) is 10.0. The Morgan fingerprint density at radius 3 is 2.56 bits per heavy atom. The van der Waals surface area contributed by atoms with Crippen LogP contribution in [-0.4, -0.2) is 29.4 Å². The van der Waals surface area contributed by atoms with E-state index in [0.717, 1.165) is 5.88 Å². The van der Waals surface area contributed by atoms with Gasteiger partial charge in [-0.3, -0.25) is 0 Å². The van der Waals surface area contributed by atoms with Gasteiger partial charge < -0.3 is 5.32 Å². The first-order valence-electron chi connectivity index (χ1n) is 2.71. The second-order valence-corrected chi connectivity index (χ2v) is 5.00. The van der Waals surface area contributed by atoms with Crippen molar-refractivity contribution in [2.45, 2.75) is 0 Å². The molecule has 0 bridgehead atoms. The van der Waals surface area contributed by atoms with E-state index in [0.29, 0.717) is 0 Å². The number of thioether (sulfide) groups is 3. The smallest absolute Gasteiger partial charge is 0.0423 e. The molecule has 0 heterocycles. The van der Waals surface area contributed by atoms with E-state index in [2.05, 4.69) is 11.6 Å². The van der Waals surface area contributed by atoms with E-state index in [9.17, 15) is 0 Å². The molecule has 0 atom stereocenters. The lowest BCUT2D eigenvalue weighted by Crippen LogP contribution is -2.03. The van der Waals surface area contributed by atoms with Gasteiger partial charge in [0.15, 0.2) is 0 Å². The molecule has 0 aromatic heterocycles. The van der Waals surface area contributed by atoms with Crippen LogP contribution in [0, 0.1) is 0 Å². The molecule has 0 saturated carbocycles. The molecule has 9 heavy (non-hydrogen) atoms. The topological polar surface area (TPSA) is 12.0 Å². The molecule has 1 N–H and O–H groups in total. The third kappa shape index (κ3) is 9.01. The first-order chi connectivity index (χ1) is 4.41. The van der Waals surface area contributed by atoms with Crippen molar-refractivity contribution in [3.63, 3.8) is 0 Å². The van der Waals surface area contributed by atoms with Crippen LogP contribution in [0.2, 0.25) is 0 Å². The second-order valence-electron chi connectivity index (χ2n) is 1.43. The summed E-state index contributed by atoms with van der Waals surface area (Å²) in [6, 6.07) is 0. The molecular weight excluding hydrogens is 170 g/mol. The van der Waals surface area contributed by atoms with Crippen LogP contribution in [0.5, 0.6) is 0 Å². The van der Waals surface area contributed by atoms with Crippen LogP contribution in [0.25, 0.3) is 0 Å². The zero-order valence-electron chi connectivity index (χ0n) is 5.85. The first-order valence-corrected chi connectivity index (χ1v) is 6.41. The minimum absolute atomic E-state index is 1.07. The number of hydrogen-bond donors (Lipinski definition) is 1. The van der Waals surface area contributed by atoms with Crippen molar-refractivity contribution in [2.75, 3.05) is 29.4 Å². The summed E-state index contributed by atoms with van der Waals surface area (Å²) in [5.74, 6) is 1.07. The van der Waals surface area contributed by atoms with Crippen LogP contribution >= 0.6 is 35.3 Å². The highest BCUT2D eigenvalue weighted by Gasteiger charge is 1.85. The average molecular weight is 183 g/mol. The summed E-state index contributed by atoms with van der Waals surface area (Å²) in [7, 11) is 1.98. The number of rotatable bonds is 6. The van der Waals surface area contributed by atoms with Gasteiger partial charge >= 0.3 is 0 Å². The van der Waals surface area contributed by atoms with Gasteiger partial charge in [0, 0.05) is 16.0 Å². The second kappa shape index (κ2) is 9.01. The zero-order valence-corrected chi connectivity index (χ0v) is 8.30. The molecule has 0 radical (unpaired) electrons. The molecule has 56 valence electrons. The maximum absolute atomic E-state index is 3.09. The minimum atomic E-state index is 1.07. The van der Waals surface area contributed by atoms with E-state index in [4.69, 9.17) is 0 Å². The van der Waals surface area contributed by atoms with Gasteiger partial charge in [-0.2, -0.15) is 11.8 Å². The minimum Gasteiger partial charge on any atom is -0.311 e. The molecule has 0 aromatic rings. The summed E-state index contributed by atoms with van der Waals surface area (Å²) in [5.41, 5.74) is 0. The maximum Gasteiger partial charge on any atom is 0.0423 e. The zero-order chi connectivity index (χ0) is 6.95. The Bertz CT molecular complexity index is 45.5. The molecule has 0 aliphatic heterocycles. The third-order valence-corrected chi connectivity index (χ3v) is 4.05. The molecule has 0 amide bonds. The maximum atomic E-state index is 3.09. The summed E-state index contributed by atoms with van der Waals surface area (Å²) >= 11 is 5.80. The van der Waals surface area contributed by atoms with Crippen LogP contribution in [0.4, 0.5) is 0 Å². The molecule has 1 nitrogen and oxygen atoms in total. The van der Waals surface area contributed by atoms with Crippen molar-refractivity contribution in [2.24, 2.45) is 0 Å². The molecule has 0 spiro atoms. The average Bonchev–Trinajstić information content (AvgIpc) is 1.89. The Balaban J connectivity index is 2.60. The van der Waals surface area contributed by atoms with Gasteiger partial charge in [0.25, 0.3) is 0 Å². The lowest BCUT2D eigenvalue weighted by molar-refractivity contribution is 0.984. The molecule has 0 aliphatic carbocycles. The van der Waals surface area contributed by atoms with Gasteiger partial charge in [-0.25, -0.2) is 0 Å². The predicted molar refractivity (Wildman–Crippen MR) is 52.4 cm³/mol. The Morgan fingerprint density at radius 2 is 2.00 bits per heavy atom. The molecule has 0 aliphatic rings. The van der Waals surface area contributed by atoms with E-state index in [1.165, 1.54) is 10.2 Å². The molecular formula is C5H13NS3. The number of hydrogen-bond acceptors (Lipinski definition) is 4. The Labute approximate surface area is 70.1 Å². The fourth-order valence-electron chi connectivity index (χ4n) is 0.320. The SMILES string of the molecule is CNCSCSCSC. The Morgan fingerprint density at radius 1 is 1.22 bits per heavy atom. The van der Waals surface area contributed by atoms with Crippen molar-refractivity contribution in [1.29, 1.82) is 0 Å². The first kappa shape index (κ1) is 10.0. The van der Waals surface area contributed by atoms with E-state index >= 15 is 0 Å². The van der Waals surface area contributed by atoms with Crippen LogP contribution < -0.4 is 5.32 Å². The van der Waals surface area contributed by atoms with Crippen molar-refractivity contribution in [3.8, 4) is 0 Å². The molecule has 0 saturated heterocycles. The lowest BCUT2D eigenvalue weighted by Gasteiger charge is -1.97. The lowest BCUT2D eigenvalue weighted by atomic mass is 11.3. The van der Waals surface area contributed by atoms with E-state index in [1.807, 2.05) is 42.3 Å². The van der Waals surface area contributed by atoms with E-state index < -0.39 is 0 Å². The highest BCUT2D eigenvalue weighted by molar-refractivity contribution is 8.22. The number of nitrogens with one attached hydrogen (secondary N) is 1. The summed E-state index contributed by atoms with van der Waals surface area (Å²) < 4.78 is 0. The summed E-state index contributed by atoms with van der Waals surface area (Å²) in [4.78, 5) is 0. The van der Waals surface area contributed by atoms with Crippen molar-refractivity contribution in [3.05, 3.63) is 0 Å². The normalized spacial score (nSPS) is 10.0. The molecule has 4 heteroatoms. The predicted octanol–water partition coefficient (Wildman–Crippen LogP) is 1.91. The highest BCUT2D eigenvalue weighted by atomic mass is 32.2. The largest absolute Gasteiger partial charge is 0.311 e. The van der Waals surface area contributed by atoms with Crippen LogP contribution in [-0.2, 0) is 0 Å². The van der Waals surface area contributed by atoms with Gasteiger partial charge in [-0.15, -0.1) is 23.5 Å². The summed E-state index contributed by atoms with van der Waals surface area (Å²) in [6.07, 6.45) is 2.13. The quantitative estimate of drug-likeness (QED) is 0.498. The van der Waals surface area contributed by atoms with Gasteiger partial charge in [-0.05, 0) is 13.3 Å². The highest BCUT2D eigenvalue weighted by Crippen LogP contribution is 2.14. The summed E-state index contributed by atoms with van der Waals surface area (Å²) in [5, 5.41) is 5.52. The fraction of sp³-hybridized carbons (Fsp3) is 1.00. The van der Waals surface area contributed by atoms with Crippen LogP contribution in [0.1, 0.15) is 0 Å². The van der Waals surface area contributed by atoms with Gasteiger partial charge in [0.05, 0.1) is 0 Å². The standard InChI is InChI=1S/C5H13NS3/c1-6-3-8-5-9-4-7-2/h6H,3-5H2,1-2H3. The van der Waals surface area contributed by atoms with Gasteiger partial charge in [0.2, 0.25) is 0 Å². The van der Waals surface area contributed by atoms with Crippen molar-refractivity contribution in [1.82, 2.24) is 5.32 Å². The molecule has 0 aromatic carbocycles. The van der Waals surface area contributed by atoms with Crippen LogP contribution in [0.15, 0.2) is 0 Å². The molecule has 0 unspecified atom stereocenters. The Hall–Kier alpha value is 1.01. The summed E-state index contributed by atoms with van der Waals surface area (Å²) in [6.45, 7) is 0. The third-order valence-electron chi connectivity index (χ3n) is 0.614. The van der Waals surface area contributed by atoms with Gasteiger partial charge in [0.1, 0.15) is 0 Å². The molecule has 0 fully saturated rings. The molecule has 0 rings (SSSR count). The van der Waals surface area contributed by atoms with Crippen molar-refractivity contribution < 1.29 is 0 Å². The van der Waals surface area contributed by atoms with E-state index in [-0.39, 0.29) is 0 Å². The van der Waals surface area contributed by atoms with Gasteiger partial charge in [-0.1, -0.05) is 0 Å².